The highest BCUT2D eigenvalue weighted by Crippen LogP contribution is 2.43. The maximum Gasteiger partial charge on any atom is 0.425 e. The summed E-state index contributed by atoms with van der Waals surface area (Å²) >= 11 is 0. The Morgan fingerprint density at radius 2 is 1.42 bits per heavy atom. The van der Waals surface area contributed by atoms with E-state index in [9.17, 15) is 14.4 Å². The van der Waals surface area contributed by atoms with Crippen LogP contribution in [0.25, 0.3) is 16.7 Å². The molecule has 0 spiro atoms. The van der Waals surface area contributed by atoms with Gasteiger partial charge in [-0.25, -0.2) is 9.59 Å². The monoisotopic (exact) mass is 625 g/mol. The fourth-order valence-corrected chi connectivity index (χ4v) is 4.56. The molecule has 0 N–H and O–H groups in total. The number of aryl methyl sites for hydroxylation is 1. The molecule has 0 aliphatic rings. The fraction of sp³-hybridized carbons (Fsp3) is 0.469. The summed E-state index contributed by atoms with van der Waals surface area (Å²) in [6.07, 6.45) is -0.844. The molecule has 0 saturated carbocycles. The van der Waals surface area contributed by atoms with Crippen molar-refractivity contribution in [2.75, 3.05) is 40.3 Å². The summed E-state index contributed by atoms with van der Waals surface area (Å²) in [5.74, 6) is -0.142. The molecular formula is C32H43N5O8. The zero-order valence-electron chi connectivity index (χ0n) is 28.3. The maximum absolute atomic E-state index is 14.1. The van der Waals surface area contributed by atoms with Gasteiger partial charge in [0.1, 0.15) is 22.8 Å². The molecule has 0 bridgehead atoms. The van der Waals surface area contributed by atoms with Gasteiger partial charge in [0.05, 0.1) is 38.9 Å². The van der Waals surface area contributed by atoms with Crippen molar-refractivity contribution in [3.8, 4) is 23.1 Å². The summed E-state index contributed by atoms with van der Waals surface area (Å²) in [6.45, 7) is 13.6. The molecular weight excluding hydrogens is 582 g/mol. The summed E-state index contributed by atoms with van der Waals surface area (Å²) in [5, 5.41) is 0.224. The summed E-state index contributed by atoms with van der Waals surface area (Å²) in [7, 11) is 7.79. The lowest BCUT2D eigenvalue weighted by Gasteiger charge is -2.30. The van der Waals surface area contributed by atoms with Crippen LogP contribution in [0.5, 0.6) is 17.4 Å². The molecule has 13 heteroatoms. The third-order valence-corrected chi connectivity index (χ3v) is 6.27. The molecule has 0 radical (unpaired) electrons. The van der Waals surface area contributed by atoms with Gasteiger partial charge in [-0.15, -0.1) is 0 Å². The number of aromatic nitrogens is 2. The number of hydrogen-bond acceptors (Lipinski definition) is 9. The summed E-state index contributed by atoms with van der Waals surface area (Å²) in [5.41, 5.74) is -0.162. The van der Waals surface area contributed by atoms with E-state index >= 15 is 0 Å². The number of ether oxygens (including phenoxy) is 5. The van der Waals surface area contributed by atoms with Crippen LogP contribution in [0.1, 0.15) is 63.0 Å². The Balaban J connectivity index is 2.72. The Morgan fingerprint density at radius 1 is 0.867 bits per heavy atom. The minimum Gasteiger partial charge on any atom is -0.496 e. The van der Waals surface area contributed by atoms with Crippen molar-refractivity contribution in [2.24, 2.45) is 4.99 Å². The lowest BCUT2D eigenvalue weighted by Crippen LogP contribution is -2.45. The molecule has 0 fully saturated rings. The molecule has 0 unspecified atom stereocenters. The molecule has 2 aromatic heterocycles. The molecule has 3 rings (SSSR count). The van der Waals surface area contributed by atoms with Gasteiger partial charge in [0.25, 0.3) is 11.8 Å². The molecule has 3 amide bonds. The molecule has 0 aliphatic heterocycles. The van der Waals surface area contributed by atoms with Crippen LogP contribution in [0, 0.1) is 13.8 Å². The van der Waals surface area contributed by atoms with Crippen molar-refractivity contribution < 1.29 is 38.1 Å². The second-order valence-electron chi connectivity index (χ2n) is 12.5. The van der Waals surface area contributed by atoms with Crippen LogP contribution < -0.4 is 19.1 Å². The van der Waals surface area contributed by atoms with E-state index in [0.717, 1.165) is 0 Å². The fourth-order valence-electron chi connectivity index (χ4n) is 4.56. The summed E-state index contributed by atoms with van der Waals surface area (Å²) < 4.78 is 29.7. The number of fused-ring (bicyclic) bond motifs is 1. The van der Waals surface area contributed by atoms with Crippen LogP contribution in [-0.4, -0.2) is 85.5 Å². The average Bonchev–Trinajstić information content (AvgIpc) is 3.22. The van der Waals surface area contributed by atoms with Gasteiger partial charge in [-0.05, 0) is 73.1 Å². The predicted molar refractivity (Wildman–Crippen MR) is 172 cm³/mol. The number of carbonyl (C=O) groups is 3. The van der Waals surface area contributed by atoms with Gasteiger partial charge >= 0.3 is 12.2 Å². The number of anilines is 1. The topological polar surface area (TPSA) is 134 Å². The predicted octanol–water partition coefficient (Wildman–Crippen LogP) is 6.07. The molecule has 0 saturated heterocycles. The number of methoxy groups -OCH3 is 3. The normalized spacial score (nSPS) is 11.8. The van der Waals surface area contributed by atoms with E-state index in [1.54, 1.807) is 72.7 Å². The lowest BCUT2D eigenvalue weighted by molar-refractivity contribution is 0.0428. The average molecular weight is 626 g/mol. The van der Waals surface area contributed by atoms with Crippen LogP contribution in [0.3, 0.4) is 0 Å². The Bertz CT molecular complexity index is 1620. The Kier molecular flexibility index (Phi) is 10.1. The Morgan fingerprint density at radius 3 is 1.89 bits per heavy atom. The van der Waals surface area contributed by atoms with Gasteiger partial charge in [-0.3, -0.25) is 9.36 Å². The molecule has 1 aromatic carbocycles. The zero-order chi connectivity index (χ0) is 34.0. The molecule has 0 aliphatic carbocycles. The largest absolute Gasteiger partial charge is 0.496 e. The van der Waals surface area contributed by atoms with E-state index in [4.69, 9.17) is 28.7 Å². The number of pyridine rings is 1. The Hall–Kier alpha value is -4.81. The third-order valence-electron chi connectivity index (χ3n) is 6.27. The number of benzene rings is 1. The van der Waals surface area contributed by atoms with Gasteiger partial charge < -0.3 is 28.6 Å². The minimum atomic E-state index is -1.08. The van der Waals surface area contributed by atoms with Gasteiger partial charge in [0, 0.05) is 25.0 Å². The first-order valence-electron chi connectivity index (χ1n) is 14.2. The summed E-state index contributed by atoms with van der Waals surface area (Å²) in [6, 6.07) is 5.16. The third kappa shape index (κ3) is 7.47. The number of nitrogens with zero attached hydrogens (tertiary/aromatic N) is 5. The zero-order valence-corrected chi connectivity index (χ0v) is 28.3. The number of rotatable bonds is 7. The molecule has 244 valence electrons. The van der Waals surface area contributed by atoms with Crippen LogP contribution in [0.2, 0.25) is 0 Å². The molecule has 3 aromatic rings. The standard InChI is InChI=1S/C32H43N5O8/c1-18-14-15-21(41-11)19(2)24(18)36-25-20(16-22(42-12)27(34-25)43-13)23(26(38)33-17-35(9)10)28(36)37(29(39)44-31(3,4)5)30(40)45-32(6,7)8/h14-17H,1-13H3. The summed E-state index contributed by atoms with van der Waals surface area (Å²) in [4.78, 5) is 53.4. The first kappa shape index (κ1) is 34.7. The highest BCUT2D eigenvalue weighted by Gasteiger charge is 2.41. The van der Waals surface area contributed by atoms with E-state index in [1.165, 1.54) is 32.2 Å². The highest BCUT2D eigenvalue weighted by atomic mass is 16.6. The van der Waals surface area contributed by atoms with Crippen molar-refractivity contribution in [2.45, 2.75) is 66.6 Å². The number of amides is 3. The first-order chi connectivity index (χ1) is 20.8. The van der Waals surface area contributed by atoms with E-state index in [2.05, 4.69) is 4.99 Å². The van der Waals surface area contributed by atoms with Gasteiger partial charge in [-0.1, -0.05) is 6.07 Å². The molecule has 13 nitrogen and oxygen atoms in total. The quantitative estimate of drug-likeness (QED) is 0.225. The molecule has 0 atom stereocenters. The van der Waals surface area contributed by atoms with Crippen LogP contribution in [0.4, 0.5) is 15.4 Å². The van der Waals surface area contributed by atoms with E-state index in [-0.39, 0.29) is 34.0 Å². The van der Waals surface area contributed by atoms with Crippen molar-refractivity contribution in [1.29, 1.82) is 0 Å². The second-order valence-corrected chi connectivity index (χ2v) is 12.5. The van der Waals surface area contributed by atoms with Crippen molar-refractivity contribution in [1.82, 2.24) is 14.5 Å². The highest BCUT2D eigenvalue weighted by molar-refractivity contribution is 6.20. The SMILES string of the molecule is COc1cc2c(C(=O)N=CN(C)C)c(N(C(=O)OC(C)(C)C)C(=O)OC(C)(C)C)n(-c3c(C)ccc(OC)c3C)c2nc1OC. The van der Waals surface area contributed by atoms with Gasteiger partial charge in [0.15, 0.2) is 11.4 Å². The van der Waals surface area contributed by atoms with Crippen molar-refractivity contribution in [3.05, 3.63) is 34.9 Å². The van der Waals surface area contributed by atoms with E-state index in [1.807, 2.05) is 19.9 Å². The van der Waals surface area contributed by atoms with E-state index in [0.29, 0.717) is 27.5 Å². The van der Waals surface area contributed by atoms with Gasteiger partial charge in [-0.2, -0.15) is 14.9 Å². The number of hydrogen-bond donors (Lipinski definition) is 0. The van der Waals surface area contributed by atoms with E-state index < -0.39 is 29.3 Å². The maximum atomic E-state index is 14.1. The number of aliphatic imine (C=N–C) groups is 1. The smallest absolute Gasteiger partial charge is 0.425 e. The minimum absolute atomic E-state index is 0.102. The van der Waals surface area contributed by atoms with Crippen LogP contribution in [0.15, 0.2) is 23.2 Å². The number of carbonyl (C=O) groups excluding carboxylic acids is 3. The lowest BCUT2D eigenvalue weighted by atomic mass is 10.1. The van der Waals surface area contributed by atoms with Crippen LogP contribution >= 0.6 is 0 Å². The second kappa shape index (κ2) is 13.0. The Labute approximate surface area is 263 Å². The number of imide groups is 1. The first-order valence-corrected chi connectivity index (χ1v) is 14.2. The van der Waals surface area contributed by atoms with Crippen molar-refractivity contribution in [3.63, 3.8) is 0 Å². The molecule has 45 heavy (non-hydrogen) atoms. The van der Waals surface area contributed by atoms with Gasteiger partial charge in [0.2, 0.25) is 0 Å². The van der Waals surface area contributed by atoms with Crippen LogP contribution in [-0.2, 0) is 9.47 Å². The van der Waals surface area contributed by atoms with Crippen molar-refractivity contribution >= 4 is 41.3 Å². The molecule has 2 heterocycles.